The second kappa shape index (κ2) is 20.2. The van der Waals surface area contributed by atoms with Crippen molar-refractivity contribution in [3.8, 4) is 0 Å². The Morgan fingerprint density at radius 3 is 2.57 bits per heavy atom. The van der Waals surface area contributed by atoms with Gasteiger partial charge in [-0.2, -0.15) is 0 Å². The lowest BCUT2D eigenvalue weighted by molar-refractivity contribution is -0.154. The van der Waals surface area contributed by atoms with E-state index in [2.05, 4.69) is 9.88 Å². The van der Waals surface area contributed by atoms with Gasteiger partial charge in [0, 0.05) is 50.9 Å². The molecule has 0 spiro atoms. The maximum Gasteiger partial charge on any atom is 0.411 e. The van der Waals surface area contributed by atoms with E-state index in [1.165, 1.54) is 16.3 Å². The average Bonchev–Trinajstić information content (AvgIpc) is 3.65. The normalized spacial score (nSPS) is 24.2. The third-order valence-electron chi connectivity index (χ3n) is 6.95. The van der Waals surface area contributed by atoms with E-state index in [1.807, 2.05) is 40.1 Å². The van der Waals surface area contributed by atoms with E-state index in [0.29, 0.717) is 49.6 Å². The van der Waals surface area contributed by atoms with E-state index in [1.54, 1.807) is 31.3 Å². The van der Waals surface area contributed by atoms with Gasteiger partial charge in [-0.25, -0.2) is 15.6 Å². The molecule has 2 aliphatic heterocycles. The summed E-state index contributed by atoms with van der Waals surface area (Å²) >= 11 is 1.44. The molecule has 1 amide bonds. The van der Waals surface area contributed by atoms with Gasteiger partial charge in [-0.3, -0.25) is 19.4 Å². The Bertz CT molecular complexity index is 962. The van der Waals surface area contributed by atoms with Crippen LogP contribution >= 0.6 is 11.3 Å². The second-order valence-electron chi connectivity index (χ2n) is 9.73. The van der Waals surface area contributed by atoms with Crippen molar-refractivity contribution >= 4 is 34.9 Å². The summed E-state index contributed by atoms with van der Waals surface area (Å²) in [7, 11) is 3.56. The molecule has 42 heavy (non-hydrogen) atoms. The maximum atomic E-state index is 12.8. The number of thiazole rings is 1. The first-order chi connectivity index (χ1) is 20.2. The number of rotatable bonds is 8. The summed E-state index contributed by atoms with van der Waals surface area (Å²) in [5, 5.41) is 4.07. The molecule has 1 aromatic heterocycles. The third kappa shape index (κ3) is 11.5. The van der Waals surface area contributed by atoms with E-state index >= 15 is 0 Å². The van der Waals surface area contributed by atoms with Crippen LogP contribution in [0.2, 0.25) is 0 Å². The van der Waals surface area contributed by atoms with Gasteiger partial charge in [-0.1, -0.05) is 27.7 Å². The molecule has 240 valence electrons. The van der Waals surface area contributed by atoms with E-state index in [-0.39, 0.29) is 24.9 Å². The maximum absolute atomic E-state index is 12.8. The number of Topliss-reactive ketones (excluding diaryl/α,β-unsaturated/α-hetero) is 1. The highest BCUT2D eigenvalue weighted by atomic mass is 32.1. The number of likely N-dealkylation sites (N-methyl/N-ethyl adjacent to an activating group) is 1. The number of methoxy groups -OCH3 is 1. The van der Waals surface area contributed by atoms with E-state index in [4.69, 9.17) is 25.8 Å². The molecular formula is C29H52N6O6S. The molecule has 12 nitrogen and oxygen atoms in total. The average molecular weight is 613 g/mol. The Labute approximate surface area is 255 Å². The van der Waals surface area contributed by atoms with Crippen LogP contribution in [0.4, 0.5) is 4.79 Å². The second-order valence-corrected chi connectivity index (χ2v) is 10.6. The smallest absolute Gasteiger partial charge is 0.411 e. The third-order valence-corrected chi connectivity index (χ3v) is 7.77. The summed E-state index contributed by atoms with van der Waals surface area (Å²) in [6, 6.07) is 0. The number of ketones is 1. The molecule has 3 rings (SSSR count). The zero-order valence-electron chi connectivity index (χ0n) is 26.4. The van der Waals surface area contributed by atoms with Gasteiger partial charge in [-0.05, 0) is 46.1 Å². The molecule has 2 aliphatic rings. The lowest BCUT2D eigenvalue weighted by Gasteiger charge is -2.33. The minimum absolute atomic E-state index is 0.0789. The number of carbonyl (C=O) groups is 3. The Hall–Kier alpha value is -2.74. The van der Waals surface area contributed by atoms with Crippen molar-refractivity contribution < 1.29 is 28.6 Å². The number of aromatic nitrogens is 1. The number of nitrogens with two attached hydrogens (primary N) is 2. The standard InChI is InChI=1S/C25H40N6O6S.2C2H6/c1-17-20(32)9-8-18(35-3)7-6-11-29(2)23-21(16-36-24(17)33)37-25(34)31(23)13-5-4-12-30(27)15-19(26)22-28-10-14-38-22;2*1-2/h10,14-15,17-18,21,23H,4-9,11-13,16,26-27H2,1-3H3;2*1-2H3/b19-15-;;. The molecule has 2 fully saturated rings. The molecule has 3 heterocycles. The predicted molar refractivity (Wildman–Crippen MR) is 165 cm³/mol. The van der Waals surface area contributed by atoms with Crippen LogP contribution in [0.1, 0.15) is 78.2 Å². The van der Waals surface area contributed by atoms with Gasteiger partial charge in [0.15, 0.2) is 6.10 Å². The van der Waals surface area contributed by atoms with Crippen molar-refractivity contribution in [1.29, 1.82) is 0 Å². The number of esters is 1. The highest BCUT2D eigenvalue weighted by molar-refractivity contribution is 7.10. The first-order valence-electron chi connectivity index (χ1n) is 15.0. The summed E-state index contributed by atoms with van der Waals surface area (Å²) in [6.45, 7) is 11.1. The Morgan fingerprint density at radius 2 is 1.93 bits per heavy atom. The minimum Gasteiger partial charge on any atom is -0.461 e. The van der Waals surface area contributed by atoms with Crippen LogP contribution in [0.5, 0.6) is 0 Å². The van der Waals surface area contributed by atoms with E-state index < -0.39 is 30.3 Å². The van der Waals surface area contributed by atoms with Crippen molar-refractivity contribution in [1.82, 2.24) is 19.8 Å². The van der Waals surface area contributed by atoms with Crippen LogP contribution in [0.3, 0.4) is 0 Å². The first kappa shape index (κ1) is 37.3. The fraction of sp³-hybridized carbons (Fsp3) is 0.724. The zero-order chi connectivity index (χ0) is 31.7. The highest BCUT2D eigenvalue weighted by Gasteiger charge is 2.44. The lowest BCUT2D eigenvalue weighted by atomic mass is 9.99. The number of fused-ring (bicyclic) bond motifs is 1. The summed E-state index contributed by atoms with van der Waals surface area (Å²) < 4.78 is 16.6. The van der Waals surface area contributed by atoms with Crippen LogP contribution in [-0.4, -0.2) is 96.4 Å². The molecule has 0 saturated carbocycles. The number of amides is 1. The molecule has 0 bridgehead atoms. The number of hydrazine groups is 1. The summed E-state index contributed by atoms with van der Waals surface area (Å²) in [4.78, 5) is 45.7. The molecular weight excluding hydrogens is 560 g/mol. The number of unbranched alkanes of at least 4 members (excludes halogenated alkanes) is 1. The van der Waals surface area contributed by atoms with Gasteiger partial charge in [0.25, 0.3) is 0 Å². The van der Waals surface area contributed by atoms with Crippen molar-refractivity contribution in [3.05, 3.63) is 22.8 Å². The van der Waals surface area contributed by atoms with Crippen molar-refractivity contribution in [2.24, 2.45) is 17.5 Å². The largest absolute Gasteiger partial charge is 0.461 e. The Kier molecular flexibility index (Phi) is 17.9. The van der Waals surface area contributed by atoms with Crippen LogP contribution < -0.4 is 11.6 Å². The summed E-state index contributed by atoms with van der Waals surface area (Å²) in [6.07, 6.45) is 5.53. The number of hydrogen-bond acceptors (Lipinski definition) is 12. The summed E-state index contributed by atoms with van der Waals surface area (Å²) in [5.74, 6) is 4.41. The SMILES string of the molecule is CC.CC.COC1CCCN(C)C2C(COC(=O)C(C)C(=O)CC1)OC(=O)N2CCCCN(N)/C=C(\N)c1nccs1. The van der Waals surface area contributed by atoms with Gasteiger partial charge in [0.05, 0.1) is 11.8 Å². The number of nitrogens with zero attached hydrogens (tertiary/aromatic N) is 4. The van der Waals surface area contributed by atoms with Crippen LogP contribution in [0, 0.1) is 5.92 Å². The fourth-order valence-electron chi connectivity index (χ4n) is 4.69. The number of ether oxygens (including phenoxy) is 3. The van der Waals surface area contributed by atoms with Crippen LogP contribution in [0.15, 0.2) is 17.8 Å². The van der Waals surface area contributed by atoms with Crippen molar-refractivity contribution in [3.63, 3.8) is 0 Å². The molecule has 0 radical (unpaired) electrons. The molecule has 4 N–H and O–H groups in total. The molecule has 1 aromatic rings. The fourth-order valence-corrected chi connectivity index (χ4v) is 5.26. The molecule has 4 unspecified atom stereocenters. The predicted octanol–water partition coefficient (Wildman–Crippen LogP) is 3.82. The van der Waals surface area contributed by atoms with Gasteiger partial charge < -0.3 is 25.0 Å². The van der Waals surface area contributed by atoms with Crippen molar-refractivity contribution in [2.45, 2.75) is 91.5 Å². The number of cyclic esters (lactones) is 1. The zero-order valence-corrected chi connectivity index (χ0v) is 27.2. The van der Waals surface area contributed by atoms with Gasteiger partial charge in [-0.15, -0.1) is 11.3 Å². The number of carbonyl (C=O) groups excluding carboxylic acids is 3. The van der Waals surface area contributed by atoms with Gasteiger partial charge in [0.2, 0.25) is 0 Å². The highest BCUT2D eigenvalue weighted by Crippen LogP contribution is 2.25. The topological polar surface area (TPSA) is 154 Å². The van der Waals surface area contributed by atoms with E-state index in [0.717, 1.165) is 12.8 Å². The molecule has 0 aliphatic carbocycles. The van der Waals surface area contributed by atoms with Crippen LogP contribution in [-0.2, 0) is 23.8 Å². The van der Waals surface area contributed by atoms with Gasteiger partial charge in [0.1, 0.15) is 29.5 Å². The monoisotopic (exact) mass is 612 g/mol. The molecule has 13 heteroatoms. The molecule has 0 aromatic carbocycles. The first-order valence-corrected chi connectivity index (χ1v) is 15.9. The van der Waals surface area contributed by atoms with Crippen LogP contribution in [0.25, 0.3) is 5.70 Å². The lowest BCUT2D eigenvalue weighted by Crippen LogP contribution is -2.50. The van der Waals surface area contributed by atoms with E-state index in [9.17, 15) is 14.4 Å². The molecule has 2 saturated heterocycles. The Balaban J connectivity index is 0.00000211. The minimum atomic E-state index is -0.877. The number of hydrogen-bond donors (Lipinski definition) is 2. The van der Waals surface area contributed by atoms with Crippen molar-refractivity contribution in [2.75, 3.05) is 40.4 Å². The summed E-state index contributed by atoms with van der Waals surface area (Å²) in [5.41, 5.74) is 6.53. The van der Waals surface area contributed by atoms with Gasteiger partial charge >= 0.3 is 12.1 Å². The molecule has 4 atom stereocenters. The Morgan fingerprint density at radius 1 is 1.21 bits per heavy atom. The quantitative estimate of drug-likeness (QED) is 0.145.